The zero-order valence-corrected chi connectivity index (χ0v) is 24.9. The maximum atomic E-state index is 12.8. The molecule has 1 aliphatic carbocycles. The summed E-state index contributed by atoms with van der Waals surface area (Å²) in [4.78, 5) is 17.9. The number of hydrogen-bond acceptors (Lipinski definition) is 8. The number of hydrogen-bond donors (Lipinski definition) is 2. The van der Waals surface area contributed by atoms with Crippen LogP contribution in [0.1, 0.15) is 87.8 Å². The van der Waals surface area contributed by atoms with Gasteiger partial charge in [0.1, 0.15) is 28.7 Å². The Morgan fingerprint density at radius 3 is 2.52 bits per heavy atom. The topological polar surface area (TPSA) is 110 Å². The lowest BCUT2D eigenvalue weighted by atomic mass is 9.83. The van der Waals surface area contributed by atoms with Crippen molar-refractivity contribution >= 4 is 28.3 Å². The van der Waals surface area contributed by atoms with Gasteiger partial charge in [-0.1, -0.05) is 57.1 Å². The predicted molar refractivity (Wildman–Crippen MR) is 160 cm³/mol. The number of fused-ring (bicyclic) bond motifs is 1. The van der Waals surface area contributed by atoms with Crippen molar-refractivity contribution < 1.29 is 19.0 Å². The fraction of sp³-hybridized carbons (Fsp3) is 0.500. The first-order valence-corrected chi connectivity index (χ1v) is 15.1. The van der Waals surface area contributed by atoms with Crippen molar-refractivity contribution in [1.82, 2.24) is 4.98 Å². The molecule has 1 unspecified atom stereocenters. The van der Waals surface area contributed by atoms with E-state index in [-0.39, 0.29) is 22.9 Å². The quantitative estimate of drug-likeness (QED) is 0.228. The highest BCUT2D eigenvalue weighted by molar-refractivity contribution is 7.15. The first-order valence-electron chi connectivity index (χ1n) is 14.3. The van der Waals surface area contributed by atoms with Crippen LogP contribution in [0, 0.1) is 5.92 Å². The maximum Gasteiger partial charge on any atom is 0.314 e. The molecule has 0 amide bonds. The van der Waals surface area contributed by atoms with Gasteiger partial charge in [0.15, 0.2) is 5.13 Å². The number of carbonyl (C=O) groups excluding carboxylic acids is 1. The smallest absolute Gasteiger partial charge is 0.314 e. The molecule has 2 aromatic carbocycles. The highest BCUT2D eigenvalue weighted by Gasteiger charge is 2.34. The van der Waals surface area contributed by atoms with Crippen molar-refractivity contribution in [3.05, 3.63) is 58.0 Å². The molecule has 2 heterocycles. The van der Waals surface area contributed by atoms with Crippen molar-refractivity contribution in [2.45, 2.75) is 90.1 Å². The summed E-state index contributed by atoms with van der Waals surface area (Å²) in [6, 6.07) is 12.2. The number of benzene rings is 2. The summed E-state index contributed by atoms with van der Waals surface area (Å²) in [5.41, 5.74) is 14.4. The summed E-state index contributed by atoms with van der Waals surface area (Å²) in [5.74, 6) is 2.82. The number of carbonyl (C=O) groups is 1. The molecular weight excluding hydrogens is 522 g/mol. The third kappa shape index (κ3) is 6.54. The lowest BCUT2D eigenvalue weighted by molar-refractivity contribution is -0.138. The number of aromatic nitrogens is 1. The number of nitrogen functional groups attached to an aromatic ring is 2. The third-order valence-electron chi connectivity index (χ3n) is 8.08. The standard InChI is InChI=1S/C32H41N3O4S/c1-31(2,3)24-19-25-22(18-26(24)38-29(36)21-7-5-6-8-21)13-14-32(4,39-25)15-16-37-23-11-9-20(10-12-23)17-27-28(33)35-30(34)40-27/h9-12,18-19,21H,5-8,13-17,33H2,1-4H3,(H2,34,35). The van der Waals surface area contributed by atoms with E-state index in [1.165, 1.54) is 11.3 Å². The fourth-order valence-corrected chi connectivity index (χ4v) is 6.38. The van der Waals surface area contributed by atoms with Gasteiger partial charge in [-0.3, -0.25) is 4.79 Å². The Labute approximate surface area is 241 Å². The molecule has 5 rings (SSSR count). The molecule has 8 heteroatoms. The van der Waals surface area contributed by atoms with E-state index in [4.69, 9.17) is 25.7 Å². The van der Waals surface area contributed by atoms with Gasteiger partial charge in [0.05, 0.1) is 17.4 Å². The predicted octanol–water partition coefficient (Wildman–Crippen LogP) is 6.84. The zero-order valence-electron chi connectivity index (χ0n) is 24.0. The zero-order chi connectivity index (χ0) is 28.5. The van der Waals surface area contributed by atoms with Gasteiger partial charge in [0, 0.05) is 18.4 Å². The monoisotopic (exact) mass is 563 g/mol. The van der Waals surface area contributed by atoms with E-state index >= 15 is 0 Å². The molecule has 40 heavy (non-hydrogen) atoms. The van der Waals surface area contributed by atoms with E-state index in [2.05, 4.69) is 38.7 Å². The summed E-state index contributed by atoms with van der Waals surface area (Å²) in [6.45, 7) is 9.13. The van der Waals surface area contributed by atoms with Crippen LogP contribution >= 0.6 is 11.3 Å². The van der Waals surface area contributed by atoms with Gasteiger partial charge in [0.25, 0.3) is 0 Å². The number of thiazole rings is 1. The Morgan fingerprint density at radius 2 is 1.88 bits per heavy atom. The number of aryl methyl sites for hydroxylation is 1. The van der Waals surface area contributed by atoms with Crippen LogP contribution < -0.4 is 25.7 Å². The normalized spacial score (nSPS) is 19.2. The first kappa shape index (κ1) is 28.3. The lowest BCUT2D eigenvalue weighted by Crippen LogP contribution is -2.38. The first-order chi connectivity index (χ1) is 19.0. The van der Waals surface area contributed by atoms with Gasteiger partial charge in [-0.25, -0.2) is 4.98 Å². The van der Waals surface area contributed by atoms with Gasteiger partial charge >= 0.3 is 5.97 Å². The molecule has 1 saturated carbocycles. The number of rotatable bonds is 8. The number of nitrogens with zero attached hydrogens (tertiary/aromatic N) is 1. The minimum atomic E-state index is -0.340. The number of esters is 1. The molecule has 1 aliphatic heterocycles. The molecule has 0 radical (unpaired) electrons. The summed E-state index contributed by atoms with van der Waals surface area (Å²) in [6.07, 6.45) is 7.27. The van der Waals surface area contributed by atoms with Crippen molar-refractivity contribution in [2.75, 3.05) is 18.1 Å². The van der Waals surface area contributed by atoms with Crippen molar-refractivity contribution in [2.24, 2.45) is 5.92 Å². The molecule has 0 saturated heterocycles. The van der Waals surface area contributed by atoms with Crippen LogP contribution in [0.4, 0.5) is 10.9 Å². The molecule has 2 aliphatic rings. The van der Waals surface area contributed by atoms with E-state index in [1.807, 2.05) is 30.3 Å². The van der Waals surface area contributed by atoms with Gasteiger partial charge in [-0.2, -0.15) is 0 Å². The molecular formula is C32H41N3O4S. The van der Waals surface area contributed by atoms with E-state index in [1.54, 1.807) is 0 Å². The van der Waals surface area contributed by atoms with Crippen LogP contribution in [0.5, 0.6) is 17.2 Å². The van der Waals surface area contributed by atoms with Crippen LogP contribution in [0.2, 0.25) is 0 Å². The molecule has 1 aromatic heterocycles. The van der Waals surface area contributed by atoms with Crippen molar-refractivity contribution in [3.63, 3.8) is 0 Å². The Balaban J connectivity index is 1.21. The highest BCUT2D eigenvalue weighted by Crippen LogP contribution is 2.43. The van der Waals surface area contributed by atoms with Crippen LogP contribution in [0.25, 0.3) is 0 Å². The van der Waals surface area contributed by atoms with Crippen LogP contribution in [-0.4, -0.2) is 23.2 Å². The largest absolute Gasteiger partial charge is 0.493 e. The molecule has 7 nitrogen and oxygen atoms in total. The minimum absolute atomic E-state index is 0.0241. The van der Waals surface area contributed by atoms with Crippen LogP contribution in [-0.2, 0) is 23.1 Å². The van der Waals surface area contributed by atoms with Crippen molar-refractivity contribution in [1.29, 1.82) is 0 Å². The molecule has 4 N–H and O–H groups in total. The number of anilines is 2. The fourth-order valence-electron chi connectivity index (χ4n) is 5.59. The van der Waals surface area contributed by atoms with Crippen LogP contribution in [0.15, 0.2) is 36.4 Å². The maximum absolute atomic E-state index is 12.8. The summed E-state index contributed by atoms with van der Waals surface area (Å²) in [5, 5.41) is 0.492. The van der Waals surface area contributed by atoms with E-state index in [9.17, 15) is 4.79 Å². The number of ether oxygens (including phenoxy) is 3. The third-order valence-corrected chi connectivity index (χ3v) is 8.98. The van der Waals surface area contributed by atoms with Crippen molar-refractivity contribution in [3.8, 4) is 17.2 Å². The number of nitrogens with two attached hydrogens (primary N) is 2. The molecule has 1 atom stereocenters. The molecule has 0 spiro atoms. The molecule has 1 fully saturated rings. The summed E-state index contributed by atoms with van der Waals surface area (Å²) < 4.78 is 18.7. The van der Waals surface area contributed by atoms with E-state index in [0.29, 0.717) is 29.7 Å². The SMILES string of the molecule is CC1(CCOc2ccc(Cc3sc(N)nc3N)cc2)CCc2cc(OC(=O)C3CCCC3)c(C(C)(C)C)cc2O1. The van der Waals surface area contributed by atoms with Crippen LogP contribution in [0.3, 0.4) is 0 Å². The molecule has 3 aromatic rings. The summed E-state index contributed by atoms with van der Waals surface area (Å²) >= 11 is 1.42. The lowest BCUT2D eigenvalue weighted by Gasteiger charge is -2.37. The molecule has 0 bridgehead atoms. The van der Waals surface area contributed by atoms with E-state index < -0.39 is 0 Å². The minimum Gasteiger partial charge on any atom is -0.493 e. The second kappa shape index (κ2) is 11.3. The van der Waals surface area contributed by atoms with Gasteiger partial charge in [0.2, 0.25) is 0 Å². The van der Waals surface area contributed by atoms with Gasteiger partial charge in [-0.15, -0.1) is 0 Å². The van der Waals surface area contributed by atoms with E-state index in [0.717, 1.165) is 78.0 Å². The Bertz CT molecular complexity index is 1360. The van der Waals surface area contributed by atoms with Gasteiger partial charge < -0.3 is 25.7 Å². The second-order valence-corrected chi connectivity index (χ2v) is 13.6. The Morgan fingerprint density at radius 1 is 1.15 bits per heavy atom. The Hall–Kier alpha value is -3.26. The average molecular weight is 564 g/mol. The Kier molecular flexibility index (Phi) is 8.00. The molecule has 214 valence electrons. The second-order valence-electron chi connectivity index (χ2n) is 12.4. The van der Waals surface area contributed by atoms with Gasteiger partial charge in [-0.05, 0) is 73.4 Å². The highest BCUT2D eigenvalue weighted by atomic mass is 32.1. The average Bonchev–Trinajstić information content (AvgIpc) is 3.54. The summed E-state index contributed by atoms with van der Waals surface area (Å²) in [7, 11) is 0.